The maximum absolute atomic E-state index is 6.11. The maximum Gasteiger partial charge on any atom is 0.0864 e. The van der Waals surface area contributed by atoms with Crippen LogP contribution < -0.4 is 5.73 Å². The van der Waals surface area contributed by atoms with Gasteiger partial charge in [0.2, 0.25) is 0 Å². The second-order valence-corrected chi connectivity index (χ2v) is 4.42. The van der Waals surface area contributed by atoms with Crippen LogP contribution in [0.5, 0.6) is 0 Å². The summed E-state index contributed by atoms with van der Waals surface area (Å²) in [6.45, 7) is 4.20. The van der Waals surface area contributed by atoms with E-state index in [0.717, 1.165) is 41.0 Å². The molecular formula is C16H19N3. The Bertz CT molecular complexity index is 549. The standard InChI is InChI=1S/C16H19N3/c1-3-12-10-15(11-13(4-2)16(12)17)19-18-14-8-6-5-7-9-14/h5-11H,3-4,17H2,1-2H3. The van der Waals surface area contributed by atoms with Crippen LogP contribution in [0.25, 0.3) is 0 Å². The molecule has 0 spiro atoms. The van der Waals surface area contributed by atoms with Gasteiger partial charge in [-0.15, -0.1) is 0 Å². The van der Waals surface area contributed by atoms with Crippen LogP contribution in [0.3, 0.4) is 0 Å². The molecule has 0 amide bonds. The number of hydrogen-bond donors (Lipinski definition) is 1. The lowest BCUT2D eigenvalue weighted by atomic mass is 10.0. The Labute approximate surface area is 114 Å². The zero-order valence-electron chi connectivity index (χ0n) is 11.4. The van der Waals surface area contributed by atoms with Gasteiger partial charge in [0.25, 0.3) is 0 Å². The second kappa shape index (κ2) is 6.14. The number of aryl methyl sites for hydroxylation is 2. The fourth-order valence-corrected chi connectivity index (χ4v) is 2.01. The van der Waals surface area contributed by atoms with Gasteiger partial charge in [-0.1, -0.05) is 32.0 Å². The van der Waals surface area contributed by atoms with Gasteiger partial charge in [-0.2, -0.15) is 10.2 Å². The van der Waals surface area contributed by atoms with E-state index in [4.69, 9.17) is 5.73 Å². The van der Waals surface area contributed by atoms with Crippen molar-refractivity contribution in [1.82, 2.24) is 0 Å². The van der Waals surface area contributed by atoms with Gasteiger partial charge >= 0.3 is 0 Å². The molecule has 0 aromatic heterocycles. The molecule has 0 saturated carbocycles. The van der Waals surface area contributed by atoms with Crippen molar-refractivity contribution >= 4 is 17.1 Å². The van der Waals surface area contributed by atoms with Crippen LogP contribution in [0.2, 0.25) is 0 Å². The average molecular weight is 253 g/mol. The highest BCUT2D eigenvalue weighted by Crippen LogP contribution is 2.27. The summed E-state index contributed by atoms with van der Waals surface area (Å²) >= 11 is 0. The molecule has 0 aliphatic carbocycles. The topological polar surface area (TPSA) is 50.7 Å². The van der Waals surface area contributed by atoms with Gasteiger partial charge in [-0.3, -0.25) is 0 Å². The van der Waals surface area contributed by atoms with Gasteiger partial charge in [-0.25, -0.2) is 0 Å². The van der Waals surface area contributed by atoms with E-state index < -0.39 is 0 Å². The highest BCUT2D eigenvalue weighted by atomic mass is 15.1. The van der Waals surface area contributed by atoms with E-state index in [-0.39, 0.29) is 0 Å². The normalized spacial score (nSPS) is 11.1. The van der Waals surface area contributed by atoms with Crippen LogP contribution >= 0.6 is 0 Å². The molecule has 0 heterocycles. The molecule has 3 nitrogen and oxygen atoms in total. The molecule has 0 unspecified atom stereocenters. The van der Waals surface area contributed by atoms with Crippen LogP contribution in [0.15, 0.2) is 52.7 Å². The highest BCUT2D eigenvalue weighted by molar-refractivity contribution is 5.61. The van der Waals surface area contributed by atoms with E-state index in [0.29, 0.717) is 0 Å². The van der Waals surface area contributed by atoms with E-state index in [9.17, 15) is 0 Å². The van der Waals surface area contributed by atoms with Crippen LogP contribution in [0.1, 0.15) is 25.0 Å². The fraction of sp³-hybridized carbons (Fsp3) is 0.250. The monoisotopic (exact) mass is 253 g/mol. The number of nitrogen functional groups attached to an aromatic ring is 1. The van der Waals surface area contributed by atoms with Gasteiger partial charge in [0, 0.05) is 5.69 Å². The Hall–Kier alpha value is -2.16. The van der Waals surface area contributed by atoms with Crippen molar-refractivity contribution in [2.24, 2.45) is 10.2 Å². The average Bonchev–Trinajstić information content (AvgIpc) is 2.47. The predicted octanol–water partition coefficient (Wildman–Crippen LogP) is 4.81. The molecule has 2 aromatic rings. The summed E-state index contributed by atoms with van der Waals surface area (Å²) in [6.07, 6.45) is 1.82. The van der Waals surface area contributed by atoms with Crippen molar-refractivity contribution in [3.63, 3.8) is 0 Å². The van der Waals surface area contributed by atoms with E-state index in [1.807, 2.05) is 42.5 Å². The van der Waals surface area contributed by atoms with Gasteiger partial charge in [-0.05, 0) is 48.2 Å². The summed E-state index contributed by atoms with van der Waals surface area (Å²) in [5, 5.41) is 8.55. The fourth-order valence-electron chi connectivity index (χ4n) is 2.01. The van der Waals surface area contributed by atoms with Gasteiger partial charge < -0.3 is 5.73 Å². The zero-order chi connectivity index (χ0) is 13.7. The maximum atomic E-state index is 6.11. The Morgan fingerprint density at radius 1 is 0.842 bits per heavy atom. The van der Waals surface area contributed by atoms with Crippen LogP contribution in [-0.4, -0.2) is 0 Å². The van der Waals surface area contributed by atoms with Gasteiger partial charge in [0.1, 0.15) is 0 Å². The second-order valence-electron chi connectivity index (χ2n) is 4.42. The van der Waals surface area contributed by atoms with E-state index in [1.165, 1.54) is 0 Å². The quantitative estimate of drug-likeness (QED) is 0.617. The summed E-state index contributed by atoms with van der Waals surface area (Å²) in [5.41, 5.74) is 11.0. The molecule has 3 heteroatoms. The molecular weight excluding hydrogens is 234 g/mol. The van der Waals surface area contributed by atoms with Crippen LogP contribution in [-0.2, 0) is 12.8 Å². The first-order valence-corrected chi connectivity index (χ1v) is 6.62. The first-order valence-electron chi connectivity index (χ1n) is 6.62. The third kappa shape index (κ3) is 3.19. The number of benzene rings is 2. The summed E-state index contributed by atoms with van der Waals surface area (Å²) in [5.74, 6) is 0. The molecule has 2 N–H and O–H groups in total. The van der Waals surface area contributed by atoms with E-state index in [1.54, 1.807) is 0 Å². The first kappa shape index (κ1) is 13.3. The van der Waals surface area contributed by atoms with Crippen molar-refractivity contribution in [2.45, 2.75) is 26.7 Å². The molecule has 0 atom stereocenters. The molecule has 2 rings (SSSR count). The molecule has 0 bridgehead atoms. The smallest absolute Gasteiger partial charge is 0.0864 e. The minimum Gasteiger partial charge on any atom is -0.398 e. The lowest BCUT2D eigenvalue weighted by Crippen LogP contribution is -1.98. The largest absolute Gasteiger partial charge is 0.398 e. The Morgan fingerprint density at radius 3 is 1.89 bits per heavy atom. The zero-order valence-corrected chi connectivity index (χ0v) is 11.4. The Kier molecular flexibility index (Phi) is 4.29. The number of azo groups is 1. The Morgan fingerprint density at radius 2 is 1.37 bits per heavy atom. The predicted molar refractivity (Wildman–Crippen MR) is 80.2 cm³/mol. The highest BCUT2D eigenvalue weighted by Gasteiger charge is 2.05. The van der Waals surface area contributed by atoms with Crippen LogP contribution in [0, 0.1) is 0 Å². The lowest BCUT2D eigenvalue weighted by Gasteiger charge is -2.09. The van der Waals surface area contributed by atoms with Crippen molar-refractivity contribution in [2.75, 3.05) is 5.73 Å². The minimum absolute atomic E-state index is 0.857. The van der Waals surface area contributed by atoms with Crippen molar-refractivity contribution in [3.05, 3.63) is 53.6 Å². The number of anilines is 1. The molecule has 0 radical (unpaired) electrons. The SMILES string of the molecule is CCc1cc(N=Nc2ccccc2)cc(CC)c1N. The molecule has 0 fully saturated rings. The van der Waals surface area contributed by atoms with E-state index >= 15 is 0 Å². The number of hydrogen-bond acceptors (Lipinski definition) is 3. The molecule has 98 valence electrons. The number of nitrogens with zero attached hydrogens (tertiary/aromatic N) is 2. The van der Waals surface area contributed by atoms with Gasteiger partial charge in [0.15, 0.2) is 0 Å². The van der Waals surface area contributed by atoms with Crippen LogP contribution in [0.4, 0.5) is 17.1 Å². The summed E-state index contributed by atoms with van der Waals surface area (Å²) in [7, 11) is 0. The molecule has 0 aliphatic rings. The van der Waals surface area contributed by atoms with Crippen molar-refractivity contribution in [3.8, 4) is 0 Å². The number of nitrogens with two attached hydrogens (primary N) is 1. The molecule has 0 aliphatic heterocycles. The third-order valence-corrected chi connectivity index (χ3v) is 3.14. The minimum atomic E-state index is 0.857. The summed E-state index contributed by atoms with van der Waals surface area (Å²) in [4.78, 5) is 0. The summed E-state index contributed by atoms with van der Waals surface area (Å²) < 4.78 is 0. The van der Waals surface area contributed by atoms with Crippen molar-refractivity contribution < 1.29 is 0 Å². The third-order valence-electron chi connectivity index (χ3n) is 3.14. The molecule has 19 heavy (non-hydrogen) atoms. The molecule has 2 aromatic carbocycles. The Balaban J connectivity index is 2.33. The van der Waals surface area contributed by atoms with Gasteiger partial charge in [0.05, 0.1) is 11.4 Å². The van der Waals surface area contributed by atoms with Crippen molar-refractivity contribution in [1.29, 1.82) is 0 Å². The molecule has 0 saturated heterocycles. The number of rotatable bonds is 4. The lowest BCUT2D eigenvalue weighted by molar-refractivity contribution is 1.08. The first-order chi connectivity index (χ1) is 9.24. The van der Waals surface area contributed by atoms with E-state index in [2.05, 4.69) is 24.1 Å². The summed E-state index contributed by atoms with van der Waals surface area (Å²) in [6, 6.07) is 13.8.